The summed E-state index contributed by atoms with van der Waals surface area (Å²) in [5, 5.41) is 1.90. The lowest BCUT2D eigenvalue weighted by Crippen LogP contribution is -2.45. The molecule has 5 rings (SSSR count). The molecular weight excluding hydrogens is 509 g/mol. The van der Waals surface area contributed by atoms with Gasteiger partial charge in [-0.05, 0) is 122 Å². The maximum Gasteiger partial charge on any atom is 0.324 e. The quantitative estimate of drug-likeness (QED) is 0.212. The number of hydrogen-bond donors (Lipinski definition) is 0. The van der Waals surface area contributed by atoms with Gasteiger partial charge in [0.25, 0.3) is 5.56 Å². The number of unbranched alkanes of at least 4 members (excludes halogenated alkanes) is 1. The fraction of sp³-hybridized carbons (Fsp3) is 0.485. The second kappa shape index (κ2) is 11.3. The third-order valence-electron chi connectivity index (χ3n) is 8.63. The highest BCUT2D eigenvalue weighted by molar-refractivity contribution is 6.01. The molecule has 0 fully saturated rings. The number of aromatic nitrogens is 1. The van der Waals surface area contributed by atoms with Crippen molar-refractivity contribution >= 4 is 29.5 Å². The zero-order valence-electron chi connectivity index (χ0n) is 23.9. The molecule has 1 atom stereocenters. The standard InChI is InChI=1S/C33H38FNO5/c1-5-33(19-36)28-16-30-24-12-7-6-10-22-15-29(34)21(4)14-25(22)23(11-8-9-13-39-20(2)3)26(24)17-35(30)31(37)27(28)18-40-32(33)38/h10,14-16,19-20H,5-9,11-13,17-18H2,1-4H3/b22-10-,25-23-/t33-/m0/s1. The average Bonchev–Trinajstić information content (AvgIpc) is 3.31. The van der Waals surface area contributed by atoms with Crippen LogP contribution < -0.4 is 16.0 Å². The molecule has 1 aromatic carbocycles. The minimum atomic E-state index is -1.47. The number of aldehydes is 1. The molecular formula is C33H38FNO5. The van der Waals surface area contributed by atoms with Crippen LogP contribution in [0.3, 0.4) is 0 Å². The Kier molecular flexibility index (Phi) is 7.96. The van der Waals surface area contributed by atoms with E-state index in [0.717, 1.165) is 71.4 Å². The van der Waals surface area contributed by atoms with Gasteiger partial charge >= 0.3 is 5.97 Å². The number of pyridine rings is 1. The Morgan fingerprint density at radius 3 is 2.70 bits per heavy atom. The smallest absolute Gasteiger partial charge is 0.324 e. The van der Waals surface area contributed by atoms with Gasteiger partial charge in [0, 0.05) is 12.3 Å². The first kappa shape index (κ1) is 28.2. The van der Waals surface area contributed by atoms with Crippen molar-refractivity contribution in [3.8, 4) is 0 Å². The van der Waals surface area contributed by atoms with Gasteiger partial charge in [-0.15, -0.1) is 0 Å². The first-order chi connectivity index (χ1) is 19.2. The summed E-state index contributed by atoms with van der Waals surface area (Å²) in [6.45, 7) is 8.55. The molecule has 0 saturated heterocycles. The first-order valence-corrected chi connectivity index (χ1v) is 14.5. The van der Waals surface area contributed by atoms with Gasteiger partial charge in [0.1, 0.15) is 24.1 Å². The number of hydrogen-bond acceptors (Lipinski definition) is 5. The molecule has 2 aromatic rings. The van der Waals surface area contributed by atoms with E-state index in [2.05, 4.69) is 6.08 Å². The molecule has 3 heterocycles. The van der Waals surface area contributed by atoms with Gasteiger partial charge in [-0.25, -0.2) is 4.39 Å². The first-order valence-electron chi connectivity index (χ1n) is 14.5. The molecule has 40 heavy (non-hydrogen) atoms. The summed E-state index contributed by atoms with van der Waals surface area (Å²) in [5.41, 5.74) is 3.83. The number of halogens is 1. The van der Waals surface area contributed by atoms with Crippen LogP contribution in [0, 0.1) is 12.7 Å². The summed E-state index contributed by atoms with van der Waals surface area (Å²) < 4.78 is 27.6. The van der Waals surface area contributed by atoms with Gasteiger partial charge in [-0.3, -0.25) is 9.59 Å². The molecule has 212 valence electrons. The van der Waals surface area contributed by atoms with Crippen LogP contribution in [0.4, 0.5) is 4.39 Å². The zero-order chi connectivity index (χ0) is 28.6. The van der Waals surface area contributed by atoms with E-state index in [0.29, 0.717) is 36.1 Å². The van der Waals surface area contributed by atoms with E-state index in [1.807, 2.05) is 26.0 Å². The van der Waals surface area contributed by atoms with Crippen molar-refractivity contribution in [1.82, 2.24) is 4.57 Å². The number of ether oxygens (including phenoxy) is 2. The molecule has 0 N–H and O–H groups in total. The van der Waals surface area contributed by atoms with Crippen LogP contribution in [0.2, 0.25) is 0 Å². The number of carbonyl (C=O) groups excluding carboxylic acids is 2. The summed E-state index contributed by atoms with van der Waals surface area (Å²) >= 11 is 0. The van der Waals surface area contributed by atoms with Crippen LogP contribution in [0.15, 0.2) is 28.6 Å². The minimum absolute atomic E-state index is 0.129. The lowest BCUT2D eigenvalue weighted by Gasteiger charge is -2.32. The van der Waals surface area contributed by atoms with Crippen LogP contribution in [-0.2, 0) is 37.6 Å². The predicted octanol–water partition coefficient (Wildman–Crippen LogP) is 4.38. The highest BCUT2D eigenvalue weighted by Gasteiger charge is 2.47. The molecule has 1 aromatic heterocycles. The normalized spacial score (nSPS) is 22.2. The molecule has 2 aliphatic heterocycles. The van der Waals surface area contributed by atoms with Crippen molar-refractivity contribution in [2.75, 3.05) is 6.61 Å². The zero-order valence-corrected chi connectivity index (χ0v) is 23.9. The second-order valence-corrected chi connectivity index (χ2v) is 11.4. The van der Waals surface area contributed by atoms with Crippen LogP contribution in [0.5, 0.6) is 0 Å². The van der Waals surface area contributed by atoms with Gasteiger partial charge in [0.2, 0.25) is 0 Å². The number of benzene rings is 1. The highest BCUT2D eigenvalue weighted by Crippen LogP contribution is 2.41. The molecule has 0 spiro atoms. The Hall–Kier alpha value is -3.32. The minimum Gasteiger partial charge on any atom is -0.460 e. The van der Waals surface area contributed by atoms with Crippen LogP contribution in [0.25, 0.3) is 17.2 Å². The van der Waals surface area contributed by atoms with Crippen LogP contribution in [-0.4, -0.2) is 29.5 Å². The van der Waals surface area contributed by atoms with E-state index < -0.39 is 11.4 Å². The van der Waals surface area contributed by atoms with Crippen LogP contribution >= 0.6 is 0 Å². The number of carbonyl (C=O) groups is 2. The predicted molar refractivity (Wildman–Crippen MR) is 153 cm³/mol. The number of rotatable bonds is 8. The van der Waals surface area contributed by atoms with Crippen molar-refractivity contribution in [3.05, 3.63) is 72.8 Å². The third kappa shape index (κ3) is 4.78. The van der Waals surface area contributed by atoms with E-state index in [-0.39, 0.29) is 30.5 Å². The Morgan fingerprint density at radius 2 is 1.98 bits per heavy atom. The number of nitrogens with zero attached hydrogens (tertiary/aromatic N) is 1. The van der Waals surface area contributed by atoms with Crippen molar-refractivity contribution in [3.63, 3.8) is 0 Å². The van der Waals surface area contributed by atoms with E-state index in [1.54, 1.807) is 24.5 Å². The van der Waals surface area contributed by atoms with Gasteiger partial charge in [0.15, 0.2) is 0 Å². The molecule has 6 nitrogen and oxygen atoms in total. The largest absolute Gasteiger partial charge is 0.460 e. The Balaban J connectivity index is 1.70. The third-order valence-corrected chi connectivity index (χ3v) is 8.63. The molecule has 7 heteroatoms. The summed E-state index contributed by atoms with van der Waals surface area (Å²) in [5.74, 6) is -0.818. The van der Waals surface area contributed by atoms with Gasteiger partial charge in [-0.1, -0.05) is 13.0 Å². The van der Waals surface area contributed by atoms with Gasteiger partial charge in [0.05, 0.1) is 18.2 Å². The number of allylic oxidation sites excluding steroid dienone is 2. The topological polar surface area (TPSA) is 74.6 Å². The highest BCUT2D eigenvalue weighted by atomic mass is 19.1. The number of fused-ring (bicyclic) bond motifs is 4. The average molecular weight is 548 g/mol. The van der Waals surface area contributed by atoms with Crippen LogP contribution in [0.1, 0.15) is 88.1 Å². The summed E-state index contributed by atoms with van der Waals surface area (Å²) in [6, 6.07) is 5.46. The van der Waals surface area contributed by atoms with E-state index in [4.69, 9.17) is 9.47 Å². The summed E-state index contributed by atoms with van der Waals surface area (Å²) in [4.78, 5) is 39.0. The molecule has 3 aliphatic rings. The number of aryl methyl sites for hydroxylation is 1. The molecule has 0 amide bonds. The number of cyclic esters (lactones) is 1. The maximum absolute atomic E-state index is 14.7. The lowest BCUT2D eigenvalue weighted by molar-refractivity contribution is -0.155. The summed E-state index contributed by atoms with van der Waals surface area (Å²) in [7, 11) is 0. The molecule has 0 unspecified atom stereocenters. The fourth-order valence-corrected chi connectivity index (χ4v) is 6.34. The monoisotopic (exact) mass is 547 g/mol. The Morgan fingerprint density at radius 1 is 1.18 bits per heavy atom. The molecule has 0 radical (unpaired) electrons. The Bertz CT molecular complexity index is 1580. The van der Waals surface area contributed by atoms with Gasteiger partial charge < -0.3 is 18.8 Å². The molecule has 0 bridgehead atoms. The maximum atomic E-state index is 14.7. The van der Waals surface area contributed by atoms with Crippen molar-refractivity contribution < 1.29 is 23.5 Å². The molecule has 1 aliphatic carbocycles. The van der Waals surface area contributed by atoms with E-state index in [1.165, 1.54) is 0 Å². The lowest BCUT2D eigenvalue weighted by atomic mass is 9.75. The fourth-order valence-electron chi connectivity index (χ4n) is 6.34. The SMILES string of the molecule is CC[C@@]1(C=O)C(=O)OCc2c1cc1n(c2=O)CC2=C1CCC/C=c1/cc(F)c(C)c/c1=C/2CCCCOC(C)C. The van der Waals surface area contributed by atoms with Crippen molar-refractivity contribution in [2.45, 2.75) is 97.3 Å². The van der Waals surface area contributed by atoms with E-state index >= 15 is 0 Å². The van der Waals surface area contributed by atoms with E-state index in [9.17, 15) is 18.8 Å². The van der Waals surface area contributed by atoms with Crippen molar-refractivity contribution in [2.24, 2.45) is 0 Å². The summed E-state index contributed by atoms with van der Waals surface area (Å²) in [6.07, 6.45) is 8.05. The number of esters is 1. The molecule has 0 saturated carbocycles. The van der Waals surface area contributed by atoms with Gasteiger partial charge in [-0.2, -0.15) is 0 Å². The second-order valence-electron chi connectivity index (χ2n) is 11.4. The Labute approximate surface area is 234 Å². The van der Waals surface area contributed by atoms with Crippen molar-refractivity contribution in [1.29, 1.82) is 0 Å².